The van der Waals surface area contributed by atoms with E-state index in [0.717, 1.165) is 16.9 Å². The smallest absolute Gasteiger partial charge is 0.140 e. The van der Waals surface area contributed by atoms with E-state index >= 15 is 0 Å². The van der Waals surface area contributed by atoms with Crippen molar-refractivity contribution in [3.8, 4) is 56.0 Å². The van der Waals surface area contributed by atoms with Crippen molar-refractivity contribution in [2.24, 2.45) is 0 Å². The number of hydrogen-bond donors (Lipinski definition) is 0. The molecule has 3 aliphatic carbocycles. The van der Waals surface area contributed by atoms with Crippen molar-refractivity contribution in [2.45, 2.75) is 10.8 Å². The van der Waals surface area contributed by atoms with Gasteiger partial charge in [-0.3, -0.25) is 0 Å². The second kappa shape index (κ2) is 11.1. The minimum atomic E-state index is -0.575. The predicted molar refractivity (Wildman–Crippen MR) is 241 cm³/mol. The third-order valence-corrected chi connectivity index (χ3v) is 14.1. The minimum Gasteiger partial charge on any atom is -0.456 e. The van der Waals surface area contributed by atoms with Crippen molar-refractivity contribution in [3.63, 3.8) is 0 Å². The predicted octanol–water partition coefficient (Wildman–Crippen LogP) is 14.5. The highest BCUT2D eigenvalue weighted by atomic mass is 16.5. The molecular formula is C58H34O. The average molecular weight is 747 g/mol. The van der Waals surface area contributed by atoms with E-state index in [1.165, 1.54) is 105 Å². The van der Waals surface area contributed by atoms with E-state index in [0.29, 0.717) is 0 Å². The van der Waals surface area contributed by atoms with Gasteiger partial charge in [-0.2, -0.15) is 0 Å². The zero-order valence-electron chi connectivity index (χ0n) is 32.0. The third-order valence-electron chi connectivity index (χ3n) is 14.1. The monoisotopic (exact) mass is 746 g/mol. The molecule has 1 atom stereocenters. The first-order valence-electron chi connectivity index (χ1n) is 20.7. The van der Waals surface area contributed by atoms with Crippen molar-refractivity contribution in [1.29, 1.82) is 0 Å². The van der Waals surface area contributed by atoms with E-state index < -0.39 is 10.8 Å². The Balaban J connectivity index is 1.08. The fraction of sp³-hybridized carbons (Fsp3) is 0.0345. The summed E-state index contributed by atoms with van der Waals surface area (Å²) in [7, 11) is 0. The van der Waals surface area contributed by atoms with Gasteiger partial charge in [0.05, 0.1) is 10.8 Å². The standard InChI is InChI=1S/C58H34O/c1-2-17-39-35(14-1)30-32-51-56(39)59-53-33-31-37(34-52(53)58(51)45-24-7-3-18-40(45)41-19-4-8-25-46(41)58)38-22-13-29-50-55(38)44-21-6-10-27-48(44)57(50)47-26-9-5-20-42(47)43-23-11-15-36-16-12-28-49(57)54(36)43/h1-34H. The summed E-state index contributed by atoms with van der Waals surface area (Å²) in [5.74, 6) is 1.84. The zero-order chi connectivity index (χ0) is 38.5. The molecule has 0 amide bonds. The highest BCUT2D eigenvalue weighted by Gasteiger charge is 2.53. The molecule has 10 aromatic carbocycles. The Bertz CT molecular complexity index is 3450. The molecule has 0 fully saturated rings. The minimum absolute atomic E-state index is 0.478. The van der Waals surface area contributed by atoms with Gasteiger partial charge in [0.2, 0.25) is 0 Å². The molecule has 1 heteroatoms. The Labute approximate surface area is 342 Å². The van der Waals surface area contributed by atoms with Gasteiger partial charge < -0.3 is 4.74 Å². The first-order chi connectivity index (χ1) is 29.3. The van der Waals surface area contributed by atoms with Crippen molar-refractivity contribution >= 4 is 21.5 Å². The quantitative estimate of drug-likeness (QED) is 0.163. The number of rotatable bonds is 1. The largest absolute Gasteiger partial charge is 0.456 e. The fourth-order valence-electron chi connectivity index (χ4n) is 12.0. The van der Waals surface area contributed by atoms with Gasteiger partial charge in [0, 0.05) is 16.5 Å². The summed E-state index contributed by atoms with van der Waals surface area (Å²) in [6.07, 6.45) is 0. The topological polar surface area (TPSA) is 9.23 Å². The lowest BCUT2D eigenvalue weighted by Gasteiger charge is -2.40. The average Bonchev–Trinajstić information content (AvgIpc) is 3.77. The maximum absolute atomic E-state index is 7.14. The van der Waals surface area contributed by atoms with E-state index in [-0.39, 0.29) is 0 Å². The van der Waals surface area contributed by atoms with Crippen LogP contribution in [-0.2, 0) is 10.8 Å². The van der Waals surface area contributed by atoms with Crippen molar-refractivity contribution in [3.05, 3.63) is 251 Å². The van der Waals surface area contributed by atoms with E-state index in [1.807, 2.05) is 0 Å². The van der Waals surface area contributed by atoms with E-state index in [2.05, 4.69) is 206 Å². The van der Waals surface area contributed by atoms with Crippen LogP contribution in [0.3, 0.4) is 0 Å². The summed E-state index contributed by atoms with van der Waals surface area (Å²) < 4.78 is 7.14. The molecule has 1 aliphatic heterocycles. The molecule has 0 N–H and O–H groups in total. The Kier molecular flexibility index (Phi) is 5.96. The Morgan fingerprint density at radius 2 is 0.814 bits per heavy atom. The number of hydrogen-bond acceptors (Lipinski definition) is 1. The third kappa shape index (κ3) is 3.69. The Morgan fingerprint density at radius 1 is 0.305 bits per heavy atom. The van der Waals surface area contributed by atoms with Crippen LogP contribution < -0.4 is 4.74 Å². The van der Waals surface area contributed by atoms with Crippen LogP contribution in [-0.4, -0.2) is 0 Å². The lowest BCUT2D eigenvalue weighted by atomic mass is 9.61. The van der Waals surface area contributed by atoms with Crippen LogP contribution in [0.4, 0.5) is 0 Å². The lowest BCUT2D eigenvalue weighted by Crippen LogP contribution is -2.32. The molecule has 1 unspecified atom stereocenters. The van der Waals surface area contributed by atoms with Gasteiger partial charge in [-0.05, 0) is 106 Å². The molecule has 59 heavy (non-hydrogen) atoms. The van der Waals surface area contributed by atoms with Crippen LogP contribution in [0.2, 0.25) is 0 Å². The molecule has 0 saturated heterocycles. The number of ether oxygens (including phenoxy) is 1. The fourth-order valence-corrected chi connectivity index (χ4v) is 12.0. The van der Waals surface area contributed by atoms with Gasteiger partial charge in [0.1, 0.15) is 11.5 Å². The molecule has 272 valence electrons. The van der Waals surface area contributed by atoms with Gasteiger partial charge in [-0.1, -0.05) is 194 Å². The van der Waals surface area contributed by atoms with Gasteiger partial charge in [0.15, 0.2) is 0 Å². The summed E-state index contributed by atoms with van der Waals surface area (Å²) in [5.41, 5.74) is 19.5. The van der Waals surface area contributed by atoms with Crippen LogP contribution >= 0.6 is 0 Å². The van der Waals surface area contributed by atoms with Crippen LogP contribution in [0.5, 0.6) is 11.5 Å². The number of benzene rings is 10. The molecule has 4 aliphatic rings. The van der Waals surface area contributed by atoms with E-state index in [9.17, 15) is 0 Å². The van der Waals surface area contributed by atoms with Crippen LogP contribution in [0, 0.1) is 0 Å². The SMILES string of the molecule is c1ccc2c(c1)-c1ccccc1C21c2cc(-c3cccc4c3-c3ccccc3C43c4ccccc4-c4cccc5cccc3c45)ccc2Oc2c1ccc1ccccc21. The molecule has 0 bridgehead atoms. The molecule has 1 nitrogen and oxygen atoms in total. The van der Waals surface area contributed by atoms with Crippen LogP contribution in [0.25, 0.3) is 66.1 Å². The van der Waals surface area contributed by atoms with Gasteiger partial charge in [0.25, 0.3) is 0 Å². The Hall–Kier alpha value is -7.48. The molecule has 10 aromatic rings. The first kappa shape index (κ1) is 31.6. The summed E-state index contributed by atoms with van der Waals surface area (Å²) >= 11 is 0. The normalized spacial score (nSPS) is 16.5. The van der Waals surface area contributed by atoms with Crippen LogP contribution in [0.1, 0.15) is 44.5 Å². The second-order valence-corrected chi connectivity index (χ2v) is 16.6. The summed E-state index contributed by atoms with van der Waals surface area (Å²) in [6, 6.07) is 77.3. The van der Waals surface area contributed by atoms with Gasteiger partial charge in [-0.25, -0.2) is 0 Å². The molecule has 0 aromatic heterocycles. The van der Waals surface area contributed by atoms with Gasteiger partial charge in [-0.15, -0.1) is 0 Å². The summed E-state index contributed by atoms with van der Waals surface area (Å²) in [4.78, 5) is 0. The van der Waals surface area contributed by atoms with Crippen molar-refractivity contribution in [2.75, 3.05) is 0 Å². The molecule has 0 saturated carbocycles. The molecular weight excluding hydrogens is 713 g/mol. The van der Waals surface area contributed by atoms with E-state index in [1.54, 1.807) is 0 Å². The molecule has 0 radical (unpaired) electrons. The summed E-state index contributed by atoms with van der Waals surface area (Å²) in [6.45, 7) is 0. The lowest BCUT2D eigenvalue weighted by molar-refractivity contribution is 0.442. The van der Waals surface area contributed by atoms with Crippen LogP contribution in [0.15, 0.2) is 206 Å². The maximum atomic E-state index is 7.14. The molecule has 14 rings (SSSR count). The highest BCUT2D eigenvalue weighted by Crippen LogP contribution is 2.65. The van der Waals surface area contributed by atoms with E-state index in [4.69, 9.17) is 4.74 Å². The maximum Gasteiger partial charge on any atom is 0.140 e. The molecule has 1 heterocycles. The Morgan fingerprint density at radius 3 is 1.56 bits per heavy atom. The highest BCUT2D eigenvalue weighted by molar-refractivity contribution is 6.08. The number of fused-ring (bicyclic) bond motifs is 20. The zero-order valence-corrected chi connectivity index (χ0v) is 32.0. The van der Waals surface area contributed by atoms with Gasteiger partial charge >= 0.3 is 0 Å². The first-order valence-corrected chi connectivity index (χ1v) is 20.7. The second-order valence-electron chi connectivity index (χ2n) is 16.6. The molecule has 2 spiro atoms. The van der Waals surface area contributed by atoms with Crippen molar-refractivity contribution < 1.29 is 4.74 Å². The summed E-state index contributed by atoms with van der Waals surface area (Å²) in [5, 5.41) is 4.93. The van der Waals surface area contributed by atoms with Crippen molar-refractivity contribution in [1.82, 2.24) is 0 Å².